The summed E-state index contributed by atoms with van der Waals surface area (Å²) in [6.07, 6.45) is 0. The van der Waals surface area contributed by atoms with Crippen LogP contribution in [0, 0.1) is 0 Å². The lowest BCUT2D eigenvalue weighted by molar-refractivity contribution is -0.138. The first-order chi connectivity index (χ1) is 8.24. The summed E-state index contributed by atoms with van der Waals surface area (Å²) in [7, 11) is 0. The summed E-state index contributed by atoms with van der Waals surface area (Å²) in [6.45, 7) is 0. The molecule has 2 atom stereocenters. The van der Waals surface area contributed by atoms with Crippen LogP contribution in [0.1, 0.15) is 10.3 Å². The highest BCUT2D eigenvalue weighted by Crippen LogP contribution is 2.38. The molecule has 0 spiro atoms. The van der Waals surface area contributed by atoms with E-state index in [9.17, 15) is 4.79 Å². The summed E-state index contributed by atoms with van der Waals surface area (Å²) in [5, 5.41) is 13.4. The highest BCUT2D eigenvalue weighted by atomic mass is 32.2. The monoisotopic (exact) mass is 265 g/mol. The molecule has 3 nitrogen and oxygen atoms in total. The van der Waals surface area contributed by atoms with Crippen LogP contribution in [0.2, 0.25) is 0 Å². The van der Waals surface area contributed by atoms with Crippen molar-refractivity contribution in [2.45, 2.75) is 11.4 Å². The molecule has 1 aromatic heterocycles. The Bertz CT molecular complexity index is 533. The van der Waals surface area contributed by atoms with E-state index >= 15 is 0 Å². The Morgan fingerprint density at radius 1 is 1.41 bits per heavy atom. The van der Waals surface area contributed by atoms with Crippen molar-refractivity contribution in [3.05, 3.63) is 35.2 Å². The normalized spacial score (nSPS) is 24.2. The van der Waals surface area contributed by atoms with E-state index in [1.807, 2.05) is 12.1 Å². The number of hydrogen-bond acceptors (Lipinski definition) is 4. The van der Waals surface area contributed by atoms with Crippen LogP contribution in [-0.4, -0.2) is 22.9 Å². The van der Waals surface area contributed by atoms with Gasteiger partial charge in [0, 0.05) is 15.3 Å². The highest BCUT2D eigenvalue weighted by molar-refractivity contribution is 7.99. The van der Waals surface area contributed by atoms with E-state index in [-0.39, 0.29) is 5.37 Å². The molecule has 2 heterocycles. The second kappa shape index (κ2) is 4.33. The number of benzene rings is 1. The first kappa shape index (κ1) is 11.1. The van der Waals surface area contributed by atoms with Crippen LogP contribution in [0.4, 0.5) is 0 Å². The van der Waals surface area contributed by atoms with Crippen molar-refractivity contribution < 1.29 is 9.90 Å². The van der Waals surface area contributed by atoms with E-state index in [1.54, 1.807) is 23.1 Å². The summed E-state index contributed by atoms with van der Waals surface area (Å²) in [5.41, 5.74) is 0. The molecule has 2 aromatic rings. The predicted octanol–water partition coefficient (Wildman–Crippen LogP) is 2.69. The Labute approximate surface area is 107 Å². The third kappa shape index (κ3) is 2.06. The van der Waals surface area contributed by atoms with Crippen LogP contribution in [0.3, 0.4) is 0 Å². The lowest BCUT2D eigenvalue weighted by atomic mass is 10.2. The SMILES string of the molecule is O=C(O)C1CSC(c2cc3ccccc3s2)N1. The number of fused-ring (bicyclic) bond motifs is 1. The molecule has 2 unspecified atom stereocenters. The van der Waals surface area contributed by atoms with Gasteiger partial charge in [-0.1, -0.05) is 18.2 Å². The molecule has 0 bridgehead atoms. The smallest absolute Gasteiger partial charge is 0.321 e. The summed E-state index contributed by atoms with van der Waals surface area (Å²) < 4.78 is 1.25. The first-order valence-corrected chi connectivity index (χ1v) is 7.19. The molecule has 0 radical (unpaired) electrons. The zero-order valence-electron chi connectivity index (χ0n) is 8.92. The van der Waals surface area contributed by atoms with Crippen LogP contribution < -0.4 is 5.32 Å². The number of nitrogens with one attached hydrogen (secondary N) is 1. The van der Waals surface area contributed by atoms with Crippen molar-refractivity contribution in [1.29, 1.82) is 0 Å². The molecule has 1 aliphatic heterocycles. The third-order valence-corrected chi connectivity index (χ3v) is 5.36. The topological polar surface area (TPSA) is 49.3 Å². The van der Waals surface area contributed by atoms with Crippen molar-refractivity contribution >= 4 is 39.2 Å². The molecule has 88 valence electrons. The quantitative estimate of drug-likeness (QED) is 0.876. The maximum absolute atomic E-state index is 10.9. The molecular weight excluding hydrogens is 254 g/mol. The molecule has 1 saturated heterocycles. The highest BCUT2D eigenvalue weighted by Gasteiger charge is 2.31. The van der Waals surface area contributed by atoms with Gasteiger partial charge in [0.2, 0.25) is 0 Å². The number of aliphatic carboxylic acids is 1. The fraction of sp³-hybridized carbons (Fsp3) is 0.250. The molecule has 17 heavy (non-hydrogen) atoms. The standard InChI is InChI=1S/C12H11NO2S2/c14-12(15)8-6-16-11(13-8)10-5-7-3-1-2-4-9(7)17-10/h1-5,8,11,13H,6H2,(H,14,15). The number of thioether (sulfide) groups is 1. The number of carboxylic acids is 1. The molecule has 1 aromatic carbocycles. The molecule has 0 saturated carbocycles. The Kier molecular flexibility index (Phi) is 2.82. The van der Waals surface area contributed by atoms with Crippen molar-refractivity contribution in [3.63, 3.8) is 0 Å². The van der Waals surface area contributed by atoms with Gasteiger partial charge in [-0.2, -0.15) is 0 Å². The summed E-state index contributed by atoms with van der Waals surface area (Å²) in [5.74, 6) is -0.130. The molecule has 3 rings (SSSR count). The fourth-order valence-corrected chi connectivity index (χ4v) is 4.38. The van der Waals surface area contributed by atoms with Crippen molar-refractivity contribution in [3.8, 4) is 0 Å². The van der Waals surface area contributed by atoms with Crippen LogP contribution >= 0.6 is 23.1 Å². The minimum Gasteiger partial charge on any atom is -0.480 e. The summed E-state index contributed by atoms with van der Waals surface area (Å²) in [4.78, 5) is 12.1. The van der Waals surface area contributed by atoms with E-state index in [0.29, 0.717) is 5.75 Å². The Morgan fingerprint density at radius 3 is 2.94 bits per heavy atom. The second-order valence-electron chi connectivity index (χ2n) is 3.96. The summed E-state index contributed by atoms with van der Waals surface area (Å²) >= 11 is 3.40. The largest absolute Gasteiger partial charge is 0.480 e. The molecule has 0 aliphatic carbocycles. The molecule has 5 heteroatoms. The number of carboxylic acid groups (broad SMARTS) is 1. The average molecular weight is 265 g/mol. The summed E-state index contributed by atoms with van der Waals surface area (Å²) in [6, 6.07) is 9.96. The van der Waals surface area contributed by atoms with Gasteiger partial charge >= 0.3 is 5.97 Å². The fourth-order valence-electron chi connectivity index (χ4n) is 1.91. The maximum atomic E-state index is 10.9. The second-order valence-corrected chi connectivity index (χ2v) is 6.21. The molecule has 0 amide bonds. The lowest BCUT2D eigenvalue weighted by Crippen LogP contribution is -2.33. The zero-order valence-corrected chi connectivity index (χ0v) is 10.6. The molecule has 2 N–H and O–H groups in total. The minimum atomic E-state index is -0.763. The van der Waals surface area contributed by atoms with Crippen LogP contribution in [0.25, 0.3) is 10.1 Å². The zero-order chi connectivity index (χ0) is 11.8. The number of thiophene rings is 1. The van der Waals surface area contributed by atoms with Gasteiger partial charge in [0.15, 0.2) is 0 Å². The van der Waals surface area contributed by atoms with Crippen molar-refractivity contribution in [2.75, 3.05) is 5.75 Å². The predicted molar refractivity (Wildman–Crippen MR) is 71.6 cm³/mol. The van der Waals surface area contributed by atoms with Gasteiger partial charge in [0.1, 0.15) is 6.04 Å². The Balaban J connectivity index is 1.87. The third-order valence-electron chi connectivity index (χ3n) is 2.78. The van der Waals surface area contributed by atoms with E-state index in [4.69, 9.17) is 5.11 Å². The van der Waals surface area contributed by atoms with Gasteiger partial charge in [0.25, 0.3) is 0 Å². The van der Waals surface area contributed by atoms with Crippen LogP contribution in [0.15, 0.2) is 30.3 Å². The van der Waals surface area contributed by atoms with Crippen LogP contribution in [-0.2, 0) is 4.79 Å². The maximum Gasteiger partial charge on any atom is 0.321 e. The van der Waals surface area contributed by atoms with Gasteiger partial charge in [-0.15, -0.1) is 23.1 Å². The van der Waals surface area contributed by atoms with E-state index in [1.165, 1.54) is 15.0 Å². The van der Waals surface area contributed by atoms with Gasteiger partial charge in [0.05, 0.1) is 5.37 Å². The van der Waals surface area contributed by atoms with E-state index in [2.05, 4.69) is 23.5 Å². The number of carbonyl (C=O) groups is 1. The lowest BCUT2D eigenvalue weighted by Gasteiger charge is -2.07. The molecule has 1 fully saturated rings. The molecular formula is C12H11NO2S2. The van der Waals surface area contributed by atoms with Crippen molar-refractivity contribution in [2.24, 2.45) is 0 Å². The molecule has 1 aliphatic rings. The van der Waals surface area contributed by atoms with Gasteiger partial charge < -0.3 is 5.11 Å². The van der Waals surface area contributed by atoms with Gasteiger partial charge in [-0.25, -0.2) is 0 Å². The van der Waals surface area contributed by atoms with Crippen LogP contribution in [0.5, 0.6) is 0 Å². The van der Waals surface area contributed by atoms with Crippen molar-refractivity contribution in [1.82, 2.24) is 5.32 Å². The number of hydrogen-bond donors (Lipinski definition) is 2. The van der Waals surface area contributed by atoms with E-state index < -0.39 is 12.0 Å². The van der Waals surface area contributed by atoms with Gasteiger partial charge in [-0.3, -0.25) is 10.1 Å². The van der Waals surface area contributed by atoms with Gasteiger partial charge in [-0.05, 0) is 17.5 Å². The Morgan fingerprint density at radius 2 is 2.24 bits per heavy atom. The minimum absolute atomic E-state index is 0.119. The Hall–Kier alpha value is -1.04. The average Bonchev–Trinajstić information content (AvgIpc) is 2.95. The number of rotatable bonds is 2. The first-order valence-electron chi connectivity index (χ1n) is 5.33. The van der Waals surface area contributed by atoms with E-state index in [0.717, 1.165) is 0 Å².